The molecule has 30 heavy (non-hydrogen) atoms. The molecule has 2 heterocycles. The molecular weight excluding hydrogens is 386 g/mol. The SMILES string of the molecule is NC(=O)c1ccc(-c2nnn(CC(=O)Nc3ccc(N4CCCC4=O)cc3)n2)cc1. The zero-order valence-electron chi connectivity index (χ0n) is 16.0. The van der Waals surface area contributed by atoms with Crippen LogP contribution in [0.25, 0.3) is 11.4 Å². The molecule has 3 aromatic rings. The summed E-state index contributed by atoms with van der Waals surface area (Å²) in [6.45, 7) is 0.606. The zero-order valence-corrected chi connectivity index (χ0v) is 16.0. The van der Waals surface area contributed by atoms with Gasteiger partial charge in [0.1, 0.15) is 6.54 Å². The molecule has 3 N–H and O–H groups in total. The van der Waals surface area contributed by atoms with Crippen LogP contribution in [-0.2, 0) is 16.1 Å². The van der Waals surface area contributed by atoms with Crippen LogP contribution in [0, 0.1) is 0 Å². The van der Waals surface area contributed by atoms with Gasteiger partial charge in [0.15, 0.2) is 0 Å². The standard InChI is InChI=1S/C20H19N7O3/c21-19(30)13-3-5-14(6-4-13)20-23-25-27(24-20)12-17(28)22-15-7-9-16(10-8-15)26-11-1-2-18(26)29/h3-10H,1-2,11-12H2,(H2,21,30)(H,22,28). The maximum atomic E-state index is 12.3. The fourth-order valence-corrected chi connectivity index (χ4v) is 3.18. The Kier molecular flexibility index (Phi) is 5.21. The van der Waals surface area contributed by atoms with E-state index in [0.29, 0.717) is 29.1 Å². The number of carbonyl (C=O) groups is 3. The maximum absolute atomic E-state index is 12.3. The Morgan fingerprint density at radius 1 is 1.07 bits per heavy atom. The first-order valence-corrected chi connectivity index (χ1v) is 9.38. The average Bonchev–Trinajstić information content (AvgIpc) is 3.37. The van der Waals surface area contributed by atoms with E-state index in [2.05, 4.69) is 20.7 Å². The summed E-state index contributed by atoms with van der Waals surface area (Å²) < 4.78 is 0. The summed E-state index contributed by atoms with van der Waals surface area (Å²) in [6, 6.07) is 13.6. The Bertz CT molecular complexity index is 1090. The summed E-state index contributed by atoms with van der Waals surface area (Å²) in [5, 5.41) is 14.8. The van der Waals surface area contributed by atoms with E-state index in [1.165, 1.54) is 4.80 Å². The first kappa shape index (κ1) is 19.2. The van der Waals surface area contributed by atoms with Gasteiger partial charge in [0.2, 0.25) is 23.5 Å². The molecule has 10 nitrogen and oxygen atoms in total. The molecule has 3 amide bonds. The fraction of sp³-hybridized carbons (Fsp3) is 0.200. The number of primary amides is 1. The summed E-state index contributed by atoms with van der Waals surface area (Å²) in [7, 11) is 0. The molecule has 4 rings (SSSR count). The van der Waals surface area contributed by atoms with Crippen molar-refractivity contribution < 1.29 is 14.4 Å². The minimum atomic E-state index is -0.519. The summed E-state index contributed by atoms with van der Waals surface area (Å²) in [5.41, 5.74) is 7.68. The number of nitrogens with two attached hydrogens (primary N) is 1. The number of nitrogens with one attached hydrogen (secondary N) is 1. The highest BCUT2D eigenvalue weighted by atomic mass is 16.2. The van der Waals surface area contributed by atoms with E-state index >= 15 is 0 Å². The van der Waals surface area contributed by atoms with E-state index in [-0.39, 0.29) is 18.4 Å². The van der Waals surface area contributed by atoms with Crippen molar-refractivity contribution in [3.63, 3.8) is 0 Å². The van der Waals surface area contributed by atoms with Gasteiger partial charge in [-0.25, -0.2) is 0 Å². The van der Waals surface area contributed by atoms with Gasteiger partial charge in [0.25, 0.3) is 0 Å². The van der Waals surface area contributed by atoms with Crippen LogP contribution in [0.5, 0.6) is 0 Å². The Morgan fingerprint density at radius 3 is 2.43 bits per heavy atom. The second kappa shape index (κ2) is 8.11. The van der Waals surface area contributed by atoms with Crippen LogP contribution in [0.3, 0.4) is 0 Å². The maximum Gasteiger partial charge on any atom is 0.248 e. The lowest BCUT2D eigenvalue weighted by Gasteiger charge is -2.16. The van der Waals surface area contributed by atoms with Crippen molar-refractivity contribution in [3.05, 3.63) is 54.1 Å². The highest BCUT2D eigenvalue weighted by Gasteiger charge is 2.21. The minimum Gasteiger partial charge on any atom is -0.366 e. The molecule has 1 saturated heterocycles. The van der Waals surface area contributed by atoms with Crippen molar-refractivity contribution in [2.24, 2.45) is 5.73 Å². The summed E-state index contributed by atoms with van der Waals surface area (Å²) in [4.78, 5) is 38.1. The van der Waals surface area contributed by atoms with E-state index in [4.69, 9.17) is 5.73 Å². The number of hydrogen-bond donors (Lipinski definition) is 2. The van der Waals surface area contributed by atoms with Crippen LogP contribution in [0.4, 0.5) is 11.4 Å². The molecule has 0 aliphatic carbocycles. The second-order valence-corrected chi connectivity index (χ2v) is 6.83. The number of benzene rings is 2. The molecule has 1 aliphatic heterocycles. The van der Waals surface area contributed by atoms with Gasteiger partial charge in [-0.3, -0.25) is 14.4 Å². The first-order valence-electron chi connectivity index (χ1n) is 9.38. The smallest absolute Gasteiger partial charge is 0.248 e. The van der Waals surface area contributed by atoms with E-state index < -0.39 is 5.91 Å². The van der Waals surface area contributed by atoms with Crippen molar-refractivity contribution in [2.45, 2.75) is 19.4 Å². The lowest BCUT2D eigenvalue weighted by Crippen LogP contribution is -2.23. The molecule has 10 heteroatoms. The fourth-order valence-electron chi connectivity index (χ4n) is 3.18. The monoisotopic (exact) mass is 405 g/mol. The van der Waals surface area contributed by atoms with Crippen LogP contribution in [-0.4, -0.2) is 44.5 Å². The molecule has 0 saturated carbocycles. The summed E-state index contributed by atoms with van der Waals surface area (Å²) in [6.07, 6.45) is 1.43. The van der Waals surface area contributed by atoms with Gasteiger partial charge in [0, 0.05) is 35.5 Å². The predicted molar refractivity (Wildman–Crippen MR) is 108 cm³/mol. The van der Waals surface area contributed by atoms with Gasteiger partial charge in [-0.1, -0.05) is 12.1 Å². The molecule has 0 atom stereocenters. The van der Waals surface area contributed by atoms with Gasteiger partial charge < -0.3 is 16.0 Å². The molecule has 1 aromatic heterocycles. The molecular formula is C20H19N7O3. The summed E-state index contributed by atoms with van der Waals surface area (Å²) in [5.74, 6) is -0.384. The van der Waals surface area contributed by atoms with Gasteiger partial charge in [0.05, 0.1) is 0 Å². The van der Waals surface area contributed by atoms with E-state index in [1.54, 1.807) is 53.4 Å². The number of anilines is 2. The molecule has 2 aromatic carbocycles. The van der Waals surface area contributed by atoms with Crippen molar-refractivity contribution in [3.8, 4) is 11.4 Å². The molecule has 0 radical (unpaired) electrons. The Morgan fingerprint density at radius 2 is 1.80 bits per heavy atom. The lowest BCUT2D eigenvalue weighted by molar-refractivity contribution is -0.117. The van der Waals surface area contributed by atoms with Gasteiger partial charge in [-0.15, -0.1) is 10.2 Å². The summed E-state index contributed by atoms with van der Waals surface area (Å²) >= 11 is 0. The zero-order chi connectivity index (χ0) is 21.1. The Balaban J connectivity index is 1.36. The molecule has 1 fully saturated rings. The van der Waals surface area contributed by atoms with Crippen LogP contribution < -0.4 is 16.0 Å². The molecule has 0 unspecified atom stereocenters. The number of amides is 3. The van der Waals surface area contributed by atoms with Crippen molar-refractivity contribution in [2.75, 3.05) is 16.8 Å². The van der Waals surface area contributed by atoms with Crippen molar-refractivity contribution in [1.29, 1.82) is 0 Å². The van der Waals surface area contributed by atoms with Gasteiger partial charge in [-0.2, -0.15) is 4.80 Å². The number of tetrazole rings is 1. The largest absolute Gasteiger partial charge is 0.366 e. The van der Waals surface area contributed by atoms with Crippen molar-refractivity contribution in [1.82, 2.24) is 20.2 Å². The number of carbonyl (C=O) groups excluding carboxylic acids is 3. The first-order chi connectivity index (χ1) is 14.5. The lowest BCUT2D eigenvalue weighted by atomic mass is 10.1. The van der Waals surface area contributed by atoms with Crippen LogP contribution in [0.15, 0.2) is 48.5 Å². The van der Waals surface area contributed by atoms with E-state index in [9.17, 15) is 14.4 Å². The van der Waals surface area contributed by atoms with E-state index in [0.717, 1.165) is 18.7 Å². The molecule has 152 valence electrons. The Hall–Kier alpha value is -4.08. The van der Waals surface area contributed by atoms with E-state index in [1.807, 2.05) is 0 Å². The highest BCUT2D eigenvalue weighted by Crippen LogP contribution is 2.23. The second-order valence-electron chi connectivity index (χ2n) is 6.83. The minimum absolute atomic E-state index is 0.112. The predicted octanol–water partition coefficient (Wildman–Crippen LogP) is 1.20. The molecule has 0 bridgehead atoms. The third kappa shape index (κ3) is 4.17. The molecule has 0 spiro atoms. The average molecular weight is 405 g/mol. The van der Waals surface area contributed by atoms with Crippen molar-refractivity contribution >= 4 is 29.1 Å². The Labute approximate surface area is 171 Å². The number of aromatic nitrogens is 4. The normalized spacial score (nSPS) is 13.5. The number of hydrogen-bond acceptors (Lipinski definition) is 6. The number of nitrogens with zero attached hydrogens (tertiary/aromatic N) is 5. The topological polar surface area (TPSA) is 136 Å². The van der Waals surface area contributed by atoms with Gasteiger partial charge in [-0.05, 0) is 48.0 Å². The number of rotatable bonds is 6. The molecule has 1 aliphatic rings. The van der Waals surface area contributed by atoms with Gasteiger partial charge >= 0.3 is 0 Å². The third-order valence-corrected chi connectivity index (χ3v) is 4.70. The van der Waals surface area contributed by atoms with Crippen LogP contribution >= 0.6 is 0 Å². The van der Waals surface area contributed by atoms with Crippen LogP contribution in [0.1, 0.15) is 23.2 Å². The quantitative estimate of drug-likeness (QED) is 0.632. The van der Waals surface area contributed by atoms with Crippen LogP contribution in [0.2, 0.25) is 0 Å². The highest BCUT2D eigenvalue weighted by molar-refractivity contribution is 5.96. The third-order valence-electron chi connectivity index (χ3n) is 4.70.